The number of benzene rings is 1. The molecule has 0 atom stereocenters. The Hall–Kier alpha value is -2.59. The number of nitrogens with zero attached hydrogens (tertiary/aromatic N) is 2. The van der Waals surface area contributed by atoms with Crippen LogP contribution in [0, 0.1) is 0 Å². The lowest BCUT2D eigenvalue weighted by Gasteiger charge is -2.26. The lowest BCUT2D eigenvalue weighted by atomic mass is 10.1. The fraction of sp³-hybridized carbons (Fsp3) is 0.538. The second-order valence-corrected chi connectivity index (χ2v) is 10.3. The number of carbonyl (C=O) groups is 3. The van der Waals surface area contributed by atoms with Crippen LogP contribution >= 0.6 is 24.0 Å². The number of hydrogen-bond donors (Lipinski definition) is 0. The third-order valence-electron chi connectivity index (χ3n) is 5.99. The molecule has 0 radical (unpaired) electrons. The van der Waals surface area contributed by atoms with Gasteiger partial charge in [0, 0.05) is 26.1 Å². The van der Waals surface area contributed by atoms with Gasteiger partial charge in [-0.2, -0.15) is 0 Å². The van der Waals surface area contributed by atoms with Crippen molar-refractivity contribution in [2.24, 2.45) is 0 Å². The number of ether oxygens (including phenoxy) is 3. The van der Waals surface area contributed by atoms with Crippen molar-refractivity contribution in [3.05, 3.63) is 28.7 Å². The third-order valence-corrected chi connectivity index (χ3v) is 7.36. The highest BCUT2D eigenvalue weighted by molar-refractivity contribution is 8.26. The Kier molecular flexibility index (Phi) is 11.1. The van der Waals surface area contributed by atoms with E-state index in [1.165, 1.54) is 11.8 Å². The Morgan fingerprint density at radius 2 is 1.89 bits per heavy atom. The summed E-state index contributed by atoms with van der Waals surface area (Å²) in [5, 5.41) is 0. The number of esters is 1. The molecule has 0 aliphatic carbocycles. The van der Waals surface area contributed by atoms with Gasteiger partial charge in [-0.05, 0) is 62.8 Å². The summed E-state index contributed by atoms with van der Waals surface area (Å²) < 4.78 is 16.7. The third kappa shape index (κ3) is 7.96. The average Bonchev–Trinajstić information content (AvgIpc) is 3.15. The smallest absolute Gasteiger partial charge is 0.305 e. The maximum atomic E-state index is 12.9. The van der Waals surface area contributed by atoms with Gasteiger partial charge in [0.25, 0.3) is 11.8 Å². The molecule has 0 spiro atoms. The minimum atomic E-state index is -0.188. The molecule has 2 heterocycles. The van der Waals surface area contributed by atoms with Gasteiger partial charge in [0.1, 0.15) is 4.32 Å². The number of piperidine rings is 1. The van der Waals surface area contributed by atoms with Crippen LogP contribution < -0.4 is 9.47 Å². The zero-order valence-electron chi connectivity index (χ0n) is 21.0. The highest BCUT2D eigenvalue weighted by Crippen LogP contribution is 2.35. The average molecular weight is 535 g/mol. The zero-order chi connectivity index (χ0) is 25.9. The number of rotatable bonds is 12. The van der Waals surface area contributed by atoms with Gasteiger partial charge in [-0.15, -0.1) is 0 Å². The largest absolute Gasteiger partial charge is 0.493 e. The molecule has 196 valence electrons. The van der Waals surface area contributed by atoms with E-state index in [2.05, 4.69) is 0 Å². The van der Waals surface area contributed by atoms with Gasteiger partial charge < -0.3 is 19.1 Å². The van der Waals surface area contributed by atoms with Crippen LogP contribution in [0.15, 0.2) is 23.1 Å². The molecule has 3 rings (SSSR count). The van der Waals surface area contributed by atoms with Gasteiger partial charge in [-0.3, -0.25) is 19.3 Å². The molecule has 2 fully saturated rings. The molecule has 2 aliphatic heterocycles. The van der Waals surface area contributed by atoms with E-state index in [0.29, 0.717) is 40.3 Å². The summed E-state index contributed by atoms with van der Waals surface area (Å²) in [6, 6.07) is 5.35. The Balaban J connectivity index is 1.54. The van der Waals surface area contributed by atoms with Crippen molar-refractivity contribution < 1.29 is 28.6 Å². The van der Waals surface area contributed by atoms with Crippen LogP contribution in [0.2, 0.25) is 0 Å². The minimum absolute atomic E-state index is 0.0228. The normalized spacial score (nSPS) is 17.0. The van der Waals surface area contributed by atoms with E-state index < -0.39 is 0 Å². The topological polar surface area (TPSA) is 85.4 Å². The number of unbranched alkanes of at least 4 members (excludes halogenated alkanes) is 2. The minimum Gasteiger partial charge on any atom is -0.493 e. The van der Waals surface area contributed by atoms with E-state index in [1.54, 1.807) is 37.1 Å². The van der Waals surface area contributed by atoms with E-state index in [0.717, 1.165) is 57.2 Å². The van der Waals surface area contributed by atoms with Crippen molar-refractivity contribution in [2.45, 2.75) is 51.9 Å². The lowest BCUT2D eigenvalue weighted by Crippen LogP contribution is -2.38. The van der Waals surface area contributed by atoms with Gasteiger partial charge in [-0.1, -0.05) is 36.5 Å². The summed E-state index contributed by atoms with van der Waals surface area (Å²) in [6.07, 6.45) is 7.70. The summed E-state index contributed by atoms with van der Waals surface area (Å²) in [6.45, 7) is 4.23. The molecule has 36 heavy (non-hydrogen) atoms. The quantitative estimate of drug-likeness (QED) is 0.169. The SMILES string of the molecule is CCOC(=O)CCCCCN1C(=O)/C(=C\c2ccc(OCC(=O)N3CCCCC3)c(OC)c2)SC1=S. The van der Waals surface area contributed by atoms with Crippen LogP contribution in [-0.2, 0) is 19.1 Å². The van der Waals surface area contributed by atoms with E-state index in [4.69, 9.17) is 26.4 Å². The van der Waals surface area contributed by atoms with E-state index in [-0.39, 0.29) is 24.4 Å². The first kappa shape index (κ1) is 28.0. The molecular formula is C26H34N2O6S2. The first-order valence-electron chi connectivity index (χ1n) is 12.4. The molecule has 1 aromatic carbocycles. The van der Waals surface area contributed by atoms with Crippen LogP contribution in [0.3, 0.4) is 0 Å². The van der Waals surface area contributed by atoms with Gasteiger partial charge >= 0.3 is 5.97 Å². The molecule has 8 nitrogen and oxygen atoms in total. The molecule has 1 aromatic rings. The molecular weight excluding hydrogens is 500 g/mol. The van der Waals surface area contributed by atoms with Crippen LogP contribution in [-0.4, -0.2) is 71.9 Å². The predicted octanol–water partition coefficient (Wildman–Crippen LogP) is 4.41. The standard InChI is InChI=1S/C26H34N2O6S2/c1-3-33-24(30)10-6-4-9-15-28-25(31)22(36-26(28)35)17-19-11-12-20(21(16-19)32-2)34-18-23(29)27-13-7-5-8-14-27/h11-12,16-17H,3-10,13-15,18H2,1-2H3/b22-17+. The molecule has 0 aromatic heterocycles. The van der Waals surface area contributed by atoms with Gasteiger partial charge in [0.2, 0.25) is 0 Å². The molecule has 2 amide bonds. The Bertz CT molecular complexity index is 991. The molecule has 10 heteroatoms. The van der Waals surface area contributed by atoms with Crippen molar-refractivity contribution in [1.82, 2.24) is 9.80 Å². The number of thiocarbonyl (C=S) groups is 1. The van der Waals surface area contributed by atoms with Crippen molar-refractivity contribution >= 4 is 52.2 Å². The number of methoxy groups -OCH3 is 1. The number of likely N-dealkylation sites (tertiary alicyclic amines) is 1. The summed E-state index contributed by atoms with van der Waals surface area (Å²) in [4.78, 5) is 40.7. The molecule has 2 aliphatic rings. The molecule has 0 saturated carbocycles. The second kappa shape index (κ2) is 14.2. The van der Waals surface area contributed by atoms with Crippen LogP contribution in [0.5, 0.6) is 11.5 Å². The Morgan fingerprint density at radius 3 is 2.61 bits per heavy atom. The zero-order valence-corrected chi connectivity index (χ0v) is 22.6. The van der Waals surface area contributed by atoms with Gasteiger partial charge in [-0.25, -0.2) is 0 Å². The van der Waals surface area contributed by atoms with E-state index in [1.807, 2.05) is 11.0 Å². The summed E-state index contributed by atoms with van der Waals surface area (Å²) in [7, 11) is 1.54. The second-order valence-electron chi connectivity index (χ2n) is 8.59. The molecule has 0 unspecified atom stereocenters. The van der Waals surface area contributed by atoms with Crippen LogP contribution in [0.1, 0.15) is 57.4 Å². The molecule has 2 saturated heterocycles. The van der Waals surface area contributed by atoms with Crippen LogP contribution in [0.4, 0.5) is 0 Å². The van der Waals surface area contributed by atoms with Crippen molar-refractivity contribution in [3.8, 4) is 11.5 Å². The lowest BCUT2D eigenvalue weighted by molar-refractivity contribution is -0.143. The highest BCUT2D eigenvalue weighted by Gasteiger charge is 2.31. The monoisotopic (exact) mass is 534 g/mol. The fourth-order valence-corrected chi connectivity index (χ4v) is 5.37. The highest BCUT2D eigenvalue weighted by atomic mass is 32.2. The first-order valence-corrected chi connectivity index (χ1v) is 13.6. The van der Waals surface area contributed by atoms with Crippen LogP contribution in [0.25, 0.3) is 6.08 Å². The number of thioether (sulfide) groups is 1. The molecule has 0 N–H and O–H groups in total. The number of hydrogen-bond acceptors (Lipinski definition) is 8. The van der Waals surface area contributed by atoms with Gasteiger partial charge in [0.15, 0.2) is 18.1 Å². The number of amides is 2. The van der Waals surface area contributed by atoms with Crippen molar-refractivity contribution in [1.29, 1.82) is 0 Å². The number of carbonyl (C=O) groups excluding carboxylic acids is 3. The summed E-state index contributed by atoms with van der Waals surface area (Å²) >= 11 is 6.69. The van der Waals surface area contributed by atoms with Gasteiger partial charge in [0.05, 0.1) is 18.6 Å². The maximum Gasteiger partial charge on any atom is 0.305 e. The maximum absolute atomic E-state index is 12.9. The Morgan fingerprint density at radius 1 is 1.11 bits per heavy atom. The van der Waals surface area contributed by atoms with E-state index >= 15 is 0 Å². The summed E-state index contributed by atoms with van der Waals surface area (Å²) in [5.41, 5.74) is 0.775. The fourth-order valence-electron chi connectivity index (χ4n) is 4.06. The summed E-state index contributed by atoms with van der Waals surface area (Å²) in [5.74, 6) is 0.640. The predicted molar refractivity (Wildman–Crippen MR) is 144 cm³/mol. The molecule has 0 bridgehead atoms. The Labute approximate surface area is 222 Å². The van der Waals surface area contributed by atoms with E-state index in [9.17, 15) is 14.4 Å². The van der Waals surface area contributed by atoms with Crippen molar-refractivity contribution in [2.75, 3.05) is 40.0 Å². The first-order chi connectivity index (χ1) is 17.4. The van der Waals surface area contributed by atoms with Crippen molar-refractivity contribution in [3.63, 3.8) is 0 Å².